The van der Waals surface area contributed by atoms with Crippen LogP contribution in [-0.2, 0) is 23.8 Å². The van der Waals surface area contributed by atoms with Gasteiger partial charge in [-0.3, -0.25) is 5.32 Å². The second kappa shape index (κ2) is 6.78. The summed E-state index contributed by atoms with van der Waals surface area (Å²) in [7, 11) is 0. The molecule has 0 saturated carbocycles. The van der Waals surface area contributed by atoms with Crippen LogP contribution in [0.4, 0.5) is 14.9 Å². The van der Waals surface area contributed by atoms with E-state index in [4.69, 9.17) is 14.2 Å². The zero-order valence-electron chi connectivity index (χ0n) is 15.1. The summed E-state index contributed by atoms with van der Waals surface area (Å²) in [4.78, 5) is 36.0. The van der Waals surface area contributed by atoms with Gasteiger partial charge in [0, 0.05) is 19.4 Å². The average Bonchev–Trinajstić information content (AvgIpc) is 2.42. The minimum atomic E-state index is -1.38. The van der Waals surface area contributed by atoms with Crippen LogP contribution in [0.5, 0.6) is 0 Å². The van der Waals surface area contributed by atoms with Crippen LogP contribution in [0.3, 0.4) is 0 Å². The lowest BCUT2D eigenvalue weighted by Crippen LogP contribution is -2.41. The Morgan fingerprint density at radius 1 is 1.19 bits per heavy atom. The zero-order chi connectivity index (χ0) is 19.7. The number of hydrogen-bond donors (Lipinski definition) is 1. The number of cyclic esters (lactones) is 2. The van der Waals surface area contributed by atoms with E-state index in [9.17, 15) is 18.8 Å². The van der Waals surface area contributed by atoms with Gasteiger partial charge in [-0.25, -0.2) is 18.8 Å². The molecule has 8 heteroatoms. The fourth-order valence-electron chi connectivity index (χ4n) is 2.11. The molecule has 1 amide bonds. The van der Waals surface area contributed by atoms with E-state index in [-0.39, 0.29) is 11.3 Å². The van der Waals surface area contributed by atoms with Crippen LogP contribution in [0.1, 0.15) is 40.2 Å². The molecule has 1 aliphatic heterocycles. The number of anilines is 1. The quantitative estimate of drug-likeness (QED) is 0.491. The molecule has 0 atom stereocenters. The van der Waals surface area contributed by atoms with E-state index in [0.29, 0.717) is 0 Å². The highest BCUT2D eigenvalue weighted by atomic mass is 19.1. The Hall–Kier alpha value is -2.90. The van der Waals surface area contributed by atoms with Gasteiger partial charge >= 0.3 is 18.0 Å². The van der Waals surface area contributed by atoms with Crippen LogP contribution >= 0.6 is 0 Å². The Bertz CT molecular complexity index is 769. The van der Waals surface area contributed by atoms with Crippen LogP contribution in [0.2, 0.25) is 0 Å². The maximum absolute atomic E-state index is 13.6. The van der Waals surface area contributed by atoms with Crippen LogP contribution in [0.15, 0.2) is 23.8 Å². The summed E-state index contributed by atoms with van der Waals surface area (Å²) >= 11 is 0. The molecular weight excluding hydrogens is 345 g/mol. The first-order valence-corrected chi connectivity index (χ1v) is 7.84. The van der Waals surface area contributed by atoms with Gasteiger partial charge < -0.3 is 14.2 Å². The largest absolute Gasteiger partial charge is 0.444 e. The number of ether oxygens (including phenoxy) is 3. The molecule has 0 aliphatic carbocycles. The summed E-state index contributed by atoms with van der Waals surface area (Å²) in [6.07, 6.45) is 0.328. The molecule has 140 valence electrons. The number of benzene rings is 1. The third-order valence-corrected chi connectivity index (χ3v) is 3.07. The van der Waals surface area contributed by atoms with Crippen molar-refractivity contribution in [3.8, 4) is 0 Å². The second-order valence-electron chi connectivity index (χ2n) is 7.10. The Morgan fingerprint density at radius 2 is 1.77 bits per heavy atom. The molecule has 1 aromatic carbocycles. The van der Waals surface area contributed by atoms with Gasteiger partial charge in [0.25, 0.3) is 5.79 Å². The molecule has 1 aliphatic rings. The highest BCUT2D eigenvalue weighted by Gasteiger charge is 2.39. The van der Waals surface area contributed by atoms with Crippen LogP contribution < -0.4 is 5.32 Å². The summed E-state index contributed by atoms with van der Waals surface area (Å²) in [6.45, 7) is 7.90. The second-order valence-corrected chi connectivity index (χ2v) is 7.10. The molecule has 1 saturated heterocycles. The van der Waals surface area contributed by atoms with E-state index in [2.05, 4.69) is 5.32 Å². The van der Waals surface area contributed by atoms with Gasteiger partial charge in [0.05, 0.1) is 5.69 Å². The maximum Gasteiger partial charge on any atom is 0.412 e. The lowest BCUT2D eigenvalue weighted by Gasteiger charge is -2.29. The van der Waals surface area contributed by atoms with Gasteiger partial charge in [0.2, 0.25) is 0 Å². The van der Waals surface area contributed by atoms with Gasteiger partial charge in [-0.05, 0) is 45.0 Å². The van der Waals surface area contributed by atoms with Gasteiger partial charge in [-0.2, -0.15) is 0 Å². The van der Waals surface area contributed by atoms with Gasteiger partial charge in [0.15, 0.2) is 0 Å². The predicted molar refractivity (Wildman–Crippen MR) is 90.5 cm³/mol. The van der Waals surface area contributed by atoms with Crippen molar-refractivity contribution in [1.29, 1.82) is 0 Å². The van der Waals surface area contributed by atoms with E-state index in [1.54, 1.807) is 20.8 Å². The molecule has 0 radical (unpaired) electrons. The fraction of sp³-hybridized carbons (Fsp3) is 0.389. The van der Waals surface area contributed by atoms with Gasteiger partial charge in [-0.15, -0.1) is 0 Å². The van der Waals surface area contributed by atoms with E-state index >= 15 is 0 Å². The minimum Gasteiger partial charge on any atom is -0.444 e. The third-order valence-electron chi connectivity index (χ3n) is 3.07. The van der Waals surface area contributed by atoms with Crippen molar-refractivity contribution >= 4 is 29.8 Å². The first-order valence-electron chi connectivity index (χ1n) is 7.84. The summed E-state index contributed by atoms with van der Waals surface area (Å²) in [5.74, 6) is -3.81. The molecule has 26 heavy (non-hydrogen) atoms. The highest BCUT2D eigenvalue weighted by molar-refractivity contribution is 6.19. The number of rotatable bonds is 2. The van der Waals surface area contributed by atoms with E-state index in [0.717, 1.165) is 18.2 Å². The molecule has 1 aromatic rings. The van der Waals surface area contributed by atoms with Crippen molar-refractivity contribution in [2.45, 2.75) is 46.0 Å². The van der Waals surface area contributed by atoms with Crippen molar-refractivity contribution in [3.05, 3.63) is 35.2 Å². The number of hydrogen-bond acceptors (Lipinski definition) is 6. The topological polar surface area (TPSA) is 90.9 Å². The monoisotopic (exact) mass is 365 g/mol. The maximum atomic E-state index is 13.6. The number of nitrogens with one attached hydrogen (secondary N) is 1. The number of esters is 2. The minimum absolute atomic E-state index is 0.0828. The molecule has 0 aromatic heterocycles. The molecule has 0 unspecified atom stereocenters. The molecule has 1 fully saturated rings. The standard InChI is InChI=1S/C18H20FNO6/c1-17(2,3)26-16(23)20-13-7-6-11(19)8-10(13)9-12-14(21)24-18(4,5)25-15(12)22/h6-9H,1-5H3,(H,20,23). The first-order chi connectivity index (χ1) is 11.9. The van der Waals surface area contributed by atoms with Gasteiger partial charge in [-0.1, -0.05) is 0 Å². The SMILES string of the molecule is CC(C)(C)OC(=O)Nc1ccc(F)cc1C=C1C(=O)OC(C)(C)OC1=O. The molecule has 2 rings (SSSR count). The van der Waals surface area contributed by atoms with Crippen LogP contribution in [-0.4, -0.2) is 29.4 Å². The third kappa shape index (κ3) is 5.05. The van der Waals surface area contributed by atoms with E-state index in [1.165, 1.54) is 19.9 Å². The van der Waals surface area contributed by atoms with Crippen LogP contribution in [0, 0.1) is 5.82 Å². The molecule has 1 heterocycles. The van der Waals surface area contributed by atoms with Crippen molar-refractivity contribution in [2.24, 2.45) is 0 Å². The van der Waals surface area contributed by atoms with Crippen molar-refractivity contribution < 1.29 is 33.0 Å². The van der Waals surface area contributed by atoms with Crippen molar-refractivity contribution in [3.63, 3.8) is 0 Å². The van der Waals surface area contributed by atoms with Crippen molar-refractivity contribution in [1.82, 2.24) is 0 Å². The molecule has 0 spiro atoms. The average molecular weight is 365 g/mol. The number of amides is 1. The Morgan fingerprint density at radius 3 is 2.31 bits per heavy atom. The number of carbonyl (C=O) groups is 3. The summed E-state index contributed by atoms with van der Waals surface area (Å²) in [6, 6.07) is 3.46. The predicted octanol–water partition coefficient (Wildman–Crippen LogP) is 3.39. The van der Waals surface area contributed by atoms with Crippen LogP contribution in [0.25, 0.3) is 6.08 Å². The van der Waals surface area contributed by atoms with E-state index in [1.807, 2.05) is 0 Å². The summed E-state index contributed by atoms with van der Waals surface area (Å²) in [5.41, 5.74) is -0.911. The lowest BCUT2D eigenvalue weighted by molar-refractivity contribution is -0.222. The smallest absolute Gasteiger partial charge is 0.412 e. The lowest BCUT2D eigenvalue weighted by atomic mass is 10.1. The first kappa shape index (κ1) is 19.4. The molecule has 7 nitrogen and oxygen atoms in total. The molecule has 0 bridgehead atoms. The highest BCUT2D eigenvalue weighted by Crippen LogP contribution is 2.27. The Balaban J connectivity index is 2.34. The summed E-state index contributed by atoms with van der Waals surface area (Å²) in [5, 5.41) is 2.45. The zero-order valence-corrected chi connectivity index (χ0v) is 15.1. The van der Waals surface area contributed by atoms with Gasteiger partial charge in [0.1, 0.15) is 17.0 Å². The fourth-order valence-corrected chi connectivity index (χ4v) is 2.11. The van der Waals surface area contributed by atoms with E-state index < -0.39 is 40.8 Å². The summed E-state index contributed by atoms with van der Waals surface area (Å²) < 4.78 is 28.7. The number of carbonyl (C=O) groups excluding carboxylic acids is 3. The molecule has 1 N–H and O–H groups in total. The molecular formula is C18H20FNO6. The Labute approximate surface area is 150 Å². The normalized spacial score (nSPS) is 16.5. The Kier molecular flexibility index (Phi) is 5.06. The number of halogens is 1. The van der Waals surface area contributed by atoms with Crippen molar-refractivity contribution in [2.75, 3.05) is 5.32 Å².